The van der Waals surface area contributed by atoms with Crippen molar-refractivity contribution in [3.63, 3.8) is 0 Å². The molecule has 0 aliphatic carbocycles. The van der Waals surface area contributed by atoms with Gasteiger partial charge in [0.25, 0.3) is 0 Å². The highest BCUT2D eigenvalue weighted by Gasteiger charge is 2.31. The number of fused-ring (bicyclic) bond motifs is 2. The van der Waals surface area contributed by atoms with Gasteiger partial charge >= 0.3 is 0 Å². The minimum absolute atomic E-state index is 0. The van der Waals surface area contributed by atoms with E-state index in [0.29, 0.717) is 6.04 Å². The Kier molecular flexibility index (Phi) is 4.71. The largest absolute Gasteiger partial charge is 0.328 e. The Labute approximate surface area is 80.1 Å². The minimum Gasteiger partial charge on any atom is -0.328 e. The first-order valence-corrected chi connectivity index (χ1v) is 3.86. The van der Waals surface area contributed by atoms with E-state index in [1.54, 1.807) is 0 Å². The van der Waals surface area contributed by atoms with Gasteiger partial charge in [-0.25, -0.2) is 0 Å². The van der Waals surface area contributed by atoms with Gasteiger partial charge in [0.2, 0.25) is 0 Å². The number of nitrogens with one attached hydrogen (secondary N) is 1. The summed E-state index contributed by atoms with van der Waals surface area (Å²) in [6.07, 6.45) is 5.13. The van der Waals surface area contributed by atoms with Crippen molar-refractivity contribution in [2.45, 2.75) is 43.8 Å². The van der Waals surface area contributed by atoms with Crippen LogP contribution in [0.3, 0.4) is 0 Å². The van der Waals surface area contributed by atoms with E-state index in [2.05, 4.69) is 5.32 Å². The Morgan fingerprint density at radius 3 is 1.91 bits per heavy atom. The lowest BCUT2D eigenvalue weighted by molar-refractivity contribution is 0.363. The molecule has 2 saturated heterocycles. The van der Waals surface area contributed by atoms with E-state index >= 15 is 0 Å². The van der Waals surface area contributed by atoms with Crippen LogP contribution in [0.4, 0.5) is 0 Å². The summed E-state index contributed by atoms with van der Waals surface area (Å²) >= 11 is 0. The third-order valence-electron chi connectivity index (χ3n) is 2.51. The molecule has 2 fully saturated rings. The first kappa shape index (κ1) is 11.5. The van der Waals surface area contributed by atoms with Gasteiger partial charge in [0, 0.05) is 18.1 Å². The maximum Gasteiger partial charge on any atom is 0.00849 e. The van der Waals surface area contributed by atoms with Crippen molar-refractivity contribution < 1.29 is 0 Å². The summed E-state index contributed by atoms with van der Waals surface area (Å²) in [5, 5.41) is 3.54. The summed E-state index contributed by atoms with van der Waals surface area (Å²) < 4.78 is 0. The molecule has 2 heterocycles. The number of hydrogen-bond donors (Lipinski definition) is 2. The van der Waals surface area contributed by atoms with Crippen LogP contribution < -0.4 is 11.1 Å². The van der Waals surface area contributed by atoms with Crippen molar-refractivity contribution in [1.29, 1.82) is 0 Å². The Balaban J connectivity index is 0.000000500. The maximum absolute atomic E-state index is 5.82. The summed E-state index contributed by atoms with van der Waals surface area (Å²) in [6.45, 7) is 0. The quantitative estimate of drug-likeness (QED) is 0.612. The summed E-state index contributed by atoms with van der Waals surface area (Å²) in [5.41, 5.74) is 5.82. The molecule has 0 radical (unpaired) electrons. The fraction of sp³-hybridized carbons (Fsp3) is 1.00. The van der Waals surface area contributed by atoms with E-state index in [9.17, 15) is 0 Å². The lowest BCUT2D eigenvalue weighted by Crippen LogP contribution is -2.43. The van der Waals surface area contributed by atoms with E-state index in [4.69, 9.17) is 5.73 Å². The number of rotatable bonds is 0. The number of hydrogen-bond acceptors (Lipinski definition) is 2. The first-order chi connectivity index (χ1) is 4.34. The second-order valence-corrected chi connectivity index (χ2v) is 3.37. The zero-order valence-corrected chi connectivity index (χ0v) is 8.09. The summed E-state index contributed by atoms with van der Waals surface area (Å²) in [5.74, 6) is 0. The molecule has 2 rings (SSSR count). The minimum atomic E-state index is 0. The van der Waals surface area contributed by atoms with Crippen LogP contribution in [0.25, 0.3) is 0 Å². The van der Waals surface area contributed by atoms with E-state index in [-0.39, 0.29) is 24.8 Å². The molecule has 0 amide bonds. The van der Waals surface area contributed by atoms with Crippen molar-refractivity contribution in [2.24, 2.45) is 5.73 Å². The molecule has 0 saturated carbocycles. The molecule has 4 heteroatoms. The standard InChI is InChI=1S/C7H14N2.2ClH/c8-5-3-6-1-2-7(4-5)9-6;;/h5-7,9H,1-4,8H2;2*1H/t5?,6-,7+;;. The molecule has 3 atom stereocenters. The predicted molar refractivity (Wildman–Crippen MR) is 51.7 cm³/mol. The predicted octanol–water partition coefficient (Wildman–Crippen LogP) is 1.07. The Hall–Kier alpha value is 0.500. The van der Waals surface area contributed by atoms with Gasteiger partial charge in [-0.2, -0.15) is 0 Å². The van der Waals surface area contributed by atoms with Crippen molar-refractivity contribution in [3.05, 3.63) is 0 Å². The molecule has 0 aromatic carbocycles. The van der Waals surface area contributed by atoms with Crippen LogP contribution in [0.5, 0.6) is 0 Å². The number of halogens is 2. The average molecular weight is 199 g/mol. The van der Waals surface area contributed by atoms with Gasteiger partial charge in [0.1, 0.15) is 0 Å². The van der Waals surface area contributed by atoms with E-state index in [0.717, 1.165) is 12.1 Å². The van der Waals surface area contributed by atoms with Gasteiger partial charge in [-0.1, -0.05) is 0 Å². The molecular weight excluding hydrogens is 183 g/mol. The second kappa shape index (κ2) is 4.51. The lowest BCUT2D eigenvalue weighted by Gasteiger charge is -2.25. The maximum atomic E-state index is 5.82. The molecule has 11 heavy (non-hydrogen) atoms. The van der Waals surface area contributed by atoms with Crippen molar-refractivity contribution in [1.82, 2.24) is 5.32 Å². The zero-order chi connectivity index (χ0) is 6.27. The smallest absolute Gasteiger partial charge is 0.00849 e. The molecule has 2 aliphatic heterocycles. The van der Waals surface area contributed by atoms with Crippen LogP contribution in [0, 0.1) is 0 Å². The monoisotopic (exact) mass is 198 g/mol. The summed E-state index contributed by atoms with van der Waals surface area (Å²) in [7, 11) is 0. The zero-order valence-electron chi connectivity index (χ0n) is 6.45. The average Bonchev–Trinajstić information content (AvgIpc) is 2.11. The van der Waals surface area contributed by atoms with Crippen LogP contribution in [0.15, 0.2) is 0 Å². The van der Waals surface area contributed by atoms with E-state index in [1.807, 2.05) is 0 Å². The van der Waals surface area contributed by atoms with Crippen LogP contribution in [-0.2, 0) is 0 Å². The Morgan fingerprint density at radius 2 is 1.45 bits per heavy atom. The van der Waals surface area contributed by atoms with Gasteiger partial charge in [-0.05, 0) is 25.7 Å². The molecule has 68 valence electrons. The molecule has 3 N–H and O–H groups in total. The molecule has 2 aliphatic rings. The first-order valence-electron chi connectivity index (χ1n) is 3.86. The molecule has 2 nitrogen and oxygen atoms in total. The van der Waals surface area contributed by atoms with E-state index < -0.39 is 0 Å². The van der Waals surface area contributed by atoms with Crippen LogP contribution >= 0.6 is 24.8 Å². The SMILES string of the molecule is Cl.Cl.NC1C[C@H]2CC[C@@H](C1)N2. The van der Waals surface area contributed by atoms with Crippen molar-refractivity contribution in [3.8, 4) is 0 Å². The Morgan fingerprint density at radius 1 is 1.00 bits per heavy atom. The highest BCUT2D eigenvalue weighted by Crippen LogP contribution is 2.25. The third kappa shape index (κ3) is 2.48. The van der Waals surface area contributed by atoms with Gasteiger partial charge in [0.05, 0.1) is 0 Å². The topological polar surface area (TPSA) is 38.0 Å². The van der Waals surface area contributed by atoms with Gasteiger partial charge in [-0.15, -0.1) is 24.8 Å². The van der Waals surface area contributed by atoms with Crippen molar-refractivity contribution in [2.75, 3.05) is 0 Å². The van der Waals surface area contributed by atoms with E-state index in [1.165, 1.54) is 25.7 Å². The fourth-order valence-electron chi connectivity index (χ4n) is 2.10. The molecule has 2 bridgehead atoms. The third-order valence-corrected chi connectivity index (χ3v) is 2.51. The van der Waals surface area contributed by atoms with Crippen molar-refractivity contribution >= 4 is 24.8 Å². The highest BCUT2D eigenvalue weighted by molar-refractivity contribution is 5.85. The Bertz CT molecular complexity index is 109. The molecule has 0 spiro atoms. The van der Waals surface area contributed by atoms with Gasteiger partial charge in [0.15, 0.2) is 0 Å². The van der Waals surface area contributed by atoms with Gasteiger partial charge < -0.3 is 11.1 Å². The van der Waals surface area contributed by atoms with Crippen LogP contribution in [0.1, 0.15) is 25.7 Å². The summed E-state index contributed by atoms with van der Waals surface area (Å²) in [6, 6.07) is 2.02. The fourth-order valence-corrected chi connectivity index (χ4v) is 2.10. The molecule has 0 aromatic rings. The summed E-state index contributed by atoms with van der Waals surface area (Å²) in [4.78, 5) is 0. The highest BCUT2D eigenvalue weighted by atomic mass is 35.5. The van der Waals surface area contributed by atoms with Crippen LogP contribution in [0.2, 0.25) is 0 Å². The number of nitrogens with two attached hydrogens (primary N) is 1. The molecule has 1 unspecified atom stereocenters. The lowest BCUT2D eigenvalue weighted by atomic mass is 10.0. The second-order valence-electron chi connectivity index (χ2n) is 3.37. The molecule has 0 aromatic heterocycles. The molecular formula is C7H16Cl2N2. The normalized spacial score (nSPS) is 40.6. The number of piperidine rings is 1. The van der Waals surface area contributed by atoms with Gasteiger partial charge in [-0.3, -0.25) is 0 Å². The van der Waals surface area contributed by atoms with Crippen LogP contribution in [-0.4, -0.2) is 18.1 Å².